The van der Waals surface area contributed by atoms with Crippen LogP contribution in [0.3, 0.4) is 0 Å². The van der Waals surface area contributed by atoms with E-state index in [1.807, 2.05) is 0 Å². The summed E-state index contributed by atoms with van der Waals surface area (Å²) in [5.41, 5.74) is 5.62. The van der Waals surface area contributed by atoms with Crippen LogP contribution in [-0.2, 0) is 6.54 Å². The predicted octanol–water partition coefficient (Wildman–Crippen LogP) is 1.92. The smallest absolute Gasteiger partial charge is 0.405 e. The minimum absolute atomic E-state index is 0.124. The summed E-state index contributed by atoms with van der Waals surface area (Å²) in [6.07, 6.45) is -4.75. The molecular weight excluding hydrogens is 209 g/mol. The number of hydrogen-bond acceptors (Lipinski definition) is 3. The number of nitriles is 1. The first-order valence-electron chi connectivity index (χ1n) is 3.95. The molecule has 0 bridgehead atoms. The van der Waals surface area contributed by atoms with E-state index < -0.39 is 6.36 Å². The maximum Gasteiger partial charge on any atom is 0.573 e. The molecule has 0 unspecified atom stereocenters. The Bertz CT molecular complexity index is 395. The molecule has 0 radical (unpaired) electrons. The molecule has 80 valence electrons. The van der Waals surface area contributed by atoms with Crippen molar-refractivity contribution < 1.29 is 17.9 Å². The van der Waals surface area contributed by atoms with Gasteiger partial charge in [0, 0.05) is 12.1 Å². The van der Waals surface area contributed by atoms with Crippen LogP contribution in [0.25, 0.3) is 0 Å². The quantitative estimate of drug-likeness (QED) is 0.821. The molecule has 0 spiro atoms. The number of hydrogen-bond donors (Lipinski definition) is 1. The second-order valence-electron chi connectivity index (χ2n) is 2.69. The Kier molecular flexibility index (Phi) is 3.17. The average molecular weight is 216 g/mol. The highest BCUT2D eigenvalue weighted by molar-refractivity contribution is 5.42. The molecule has 0 atom stereocenters. The third-order valence-corrected chi connectivity index (χ3v) is 1.64. The van der Waals surface area contributed by atoms with Gasteiger partial charge in [-0.3, -0.25) is 0 Å². The van der Waals surface area contributed by atoms with E-state index in [-0.39, 0.29) is 23.4 Å². The first-order chi connectivity index (χ1) is 6.96. The summed E-state index contributed by atoms with van der Waals surface area (Å²) in [6, 6.07) is 5.38. The fraction of sp³-hybridized carbons (Fsp3) is 0.222. The van der Waals surface area contributed by atoms with Crippen molar-refractivity contribution in [1.29, 1.82) is 5.26 Å². The molecule has 0 saturated carbocycles. The summed E-state index contributed by atoms with van der Waals surface area (Å²) >= 11 is 0. The normalized spacial score (nSPS) is 10.9. The second-order valence-corrected chi connectivity index (χ2v) is 2.69. The van der Waals surface area contributed by atoms with Crippen LogP contribution in [0.2, 0.25) is 0 Å². The van der Waals surface area contributed by atoms with E-state index in [4.69, 9.17) is 11.0 Å². The monoisotopic (exact) mass is 216 g/mol. The van der Waals surface area contributed by atoms with Gasteiger partial charge in [-0.2, -0.15) is 5.26 Å². The molecule has 3 nitrogen and oxygen atoms in total. The third-order valence-electron chi connectivity index (χ3n) is 1.64. The van der Waals surface area contributed by atoms with E-state index in [9.17, 15) is 13.2 Å². The van der Waals surface area contributed by atoms with E-state index in [2.05, 4.69) is 4.74 Å². The largest absolute Gasteiger partial charge is 0.573 e. The molecule has 0 fully saturated rings. The van der Waals surface area contributed by atoms with Gasteiger partial charge in [0.2, 0.25) is 0 Å². The van der Waals surface area contributed by atoms with E-state index in [0.717, 1.165) is 6.07 Å². The molecule has 0 aromatic heterocycles. The maximum atomic E-state index is 11.9. The summed E-state index contributed by atoms with van der Waals surface area (Å²) in [5.74, 6) is -0.371. The zero-order valence-corrected chi connectivity index (χ0v) is 7.51. The summed E-state index contributed by atoms with van der Waals surface area (Å²) in [4.78, 5) is 0. The summed E-state index contributed by atoms with van der Waals surface area (Å²) < 4.78 is 39.5. The summed E-state index contributed by atoms with van der Waals surface area (Å²) in [7, 11) is 0. The SMILES string of the molecule is N#Cc1ccc(OC(F)(F)F)c(CN)c1. The molecule has 0 aliphatic carbocycles. The summed E-state index contributed by atoms with van der Waals surface area (Å²) in [5, 5.41) is 8.53. The first kappa shape index (κ1) is 11.3. The molecule has 6 heteroatoms. The molecule has 0 heterocycles. The van der Waals surface area contributed by atoms with Crippen LogP contribution in [0.1, 0.15) is 11.1 Å². The second kappa shape index (κ2) is 4.19. The van der Waals surface area contributed by atoms with Gasteiger partial charge in [0.1, 0.15) is 5.75 Å². The lowest BCUT2D eigenvalue weighted by Gasteiger charge is -2.12. The van der Waals surface area contributed by atoms with Crippen molar-refractivity contribution in [2.75, 3.05) is 0 Å². The molecule has 15 heavy (non-hydrogen) atoms. The average Bonchev–Trinajstić information content (AvgIpc) is 2.16. The van der Waals surface area contributed by atoms with Gasteiger partial charge in [-0.05, 0) is 18.2 Å². The van der Waals surface area contributed by atoms with Gasteiger partial charge in [0.25, 0.3) is 0 Å². The van der Waals surface area contributed by atoms with E-state index >= 15 is 0 Å². The number of benzene rings is 1. The highest BCUT2D eigenvalue weighted by Gasteiger charge is 2.31. The van der Waals surface area contributed by atoms with Gasteiger partial charge in [-0.25, -0.2) is 0 Å². The Balaban J connectivity index is 3.04. The molecule has 0 aliphatic rings. The fourth-order valence-corrected chi connectivity index (χ4v) is 1.03. The molecule has 1 rings (SSSR count). The number of alkyl halides is 3. The predicted molar refractivity (Wildman–Crippen MR) is 45.7 cm³/mol. The minimum Gasteiger partial charge on any atom is -0.405 e. The highest BCUT2D eigenvalue weighted by Crippen LogP contribution is 2.26. The molecule has 0 amide bonds. The van der Waals surface area contributed by atoms with Gasteiger partial charge in [0.15, 0.2) is 0 Å². The fourth-order valence-electron chi connectivity index (χ4n) is 1.03. The van der Waals surface area contributed by atoms with Crippen LogP contribution in [0.5, 0.6) is 5.75 Å². The van der Waals surface area contributed by atoms with E-state index in [0.29, 0.717) is 0 Å². The van der Waals surface area contributed by atoms with Crippen molar-refractivity contribution in [2.24, 2.45) is 5.73 Å². The van der Waals surface area contributed by atoms with Crippen LogP contribution in [0.4, 0.5) is 13.2 Å². The summed E-state index contributed by atoms with van der Waals surface area (Å²) in [6.45, 7) is -0.124. The maximum absolute atomic E-state index is 11.9. The molecule has 2 N–H and O–H groups in total. The van der Waals surface area contributed by atoms with Crippen LogP contribution < -0.4 is 10.5 Å². The third kappa shape index (κ3) is 3.14. The van der Waals surface area contributed by atoms with Gasteiger partial charge in [0.05, 0.1) is 11.6 Å². The number of nitrogens with zero attached hydrogens (tertiary/aromatic N) is 1. The number of nitrogens with two attached hydrogens (primary N) is 1. The molecule has 0 aliphatic heterocycles. The minimum atomic E-state index is -4.75. The van der Waals surface area contributed by atoms with Crippen molar-refractivity contribution in [3.8, 4) is 11.8 Å². The Morgan fingerprint density at radius 3 is 2.53 bits per heavy atom. The number of rotatable bonds is 2. The number of halogens is 3. The standard InChI is InChI=1S/C9H7F3N2O/c10-9(11,12)15-8-2-1-6(4-13)3-7(8)5-14/h1-3H,5,14H2. The highest BCUT2D eigenvalue weighted by atomic mass is 19.4. The Hall–Kier alpha value is -1.74. The molecular formula is C9H7F3N2O. The zero-order valence-electron chi connectivity index (χ0n) is 7.51. The lowest BCUT2D eigenvalue weighted by Crippen LogP contribution is -2.18. The molecule has 1 aromatic rings. The van der Waals surface area contributed by atoms with Gasteiger partial charge in [-0.15, -0.1) is 13.2 Å². The topological polar surface area (TPSA) is 59.0 Å². The van der Waals surface area contributed by atoms with Crippen molar-refractivity contribution >= 4 is 0 Å². The van der Waals surface area contributed by atoms with Crippen molar-refractivity contribution in [3.05, 3.63) is 29.3 Å². The van der Waals surface area contributed by atoms with Gasteiger partial charge >= 0.3 is 6.36 Å². The van der Waals surface area contributed by atoms with Crippen LogP contribution in [-0.4, -0.2) is 6.36 Å². The van der Waals surface area contributed by atoms with E-state index in [1.165, 1.54) is 12.1 Å². The lowest BCUT2D eigenvalue weighted by molar-refractivity contribution is -0.274. The Morgan fingerprint density at radius 2 is 2.07 bits per heavy atom. The molecule has 1 aromatic carbocycles. The zero-order chi connectivity index (χ0) is 11.5. The van der Waals surface area contributed by atoms with Crippen LogP contribution in [0.15, 0.2) is 18.2 Å². The van der Waals surface area contributed by atoms with Gasteiger partial charge in [-0.1, -0.05) is 0 Å². The van der Waals surface area contributed by atoms with Crippen molar-refractivity contribution in [2.45, 2.75) is 12.9 Å². The number of ether oxygens (including phenoxy) is 1. The first-order valence-corrected chi connectivity index (χ1v) is 3.95. The van der Waals surface area contributed by atoms with E-state index in [1.54, 1.807) is 6.07 Å². The van der Waals surface area contributed by atoms with Crippen LogP contribution in [0, 0.1) is 11.3 Å². The van der Waals surface area contributed by atoms with Gasteiger partial charge < -0.3 is 10.5 Å². The molecule has 0 saturated heterocycles. The van der Waals surface area contributed by atoms with Crippen molar-refractivity contribution in [3.63, 3.8) is 0 Å². The Morgan fingerprint density at radius 1 is 1.40 bits per heavy atom. The van der Waals surface area contributed by atoms with Crippen molar-refractivity contribution in [1.82, 2.24) is 0 Å². The Labute approximate surface area is 83.9 Å². The lowest BCUT2D eigenvalue weighted by atomic mass is 10.1. The van der Waals surface area contributed by atoms with Crippen LogP contribution >= 0.6 is 0 Å².